The van der Waals surface area contributed by atoms with E-state index in [0.717, 1.165) is 6.07 Å². The van der Waals surface area contributed by atoms with Gasteiger partial charge in [-0.25, -0.2) is 9.18 Å². The van der Waals surface area contributed by atoms with Gasteiger partial charge in [0.1, 0.15) is 5.82 Å². The lowest BCUT2D eigenvalue weighted by atomic mass is 10.0. The Morgan fingerprint density at radius 2 is 1.76 bits per heavy atom. The molecule has 0 aliphatic carbocycles. The summed E-state index contributed by atoms with van der Waals surface area (Å²) in [5.41, 5.74) is 0.152. The monoisotopic (exact) mass is 291 g/mol. The van der Waals surface area contributed by atoms with Crippen LogP contribution in [-0.2, 0) is 4.79 Å². The van der Waals surface area contributed by atoms with Gasteiger partial charge in [0, 0.05) is 10.9 Å². The third kappa shape index (κ3) is 3.00. The summed E-state index contributed by atoms with van der Waals surface area (Å²) in [4.78, 5) is 23.2. The maximum atomic E-state index is 13.7. The number of hydrogen-bond acceptors (Lipinski definition) is 3. The van der Waals surface area contributed by atoms with E-state index in [1.165, 1.54) is 19.1 Å². The van der Waals surface area contributed by atoms with Crippen LogP contribution in [0, 0.1) is 5.82 Å². The van der Waals surface area contributed by atoms with Gasteiger partial charge in [-0.2, -0.15) is 0 Å². The predicted molar refractivity (Wildman–Crippen MR) is 74.5 cm³/mol. The molecule has 21 heavy (non-hydrogen) atoms. The Hall–Kier alpha value is -2.47. The van der Waals surface area contributed by atoms with Gasteiger partial charge < -0.3 is 15.5 Å². The van der Waals surface area contributed by atoms with E-state index in [1.807, 2.05) is 0 Å². The highest BCUT2D eigenvalue weighted by Gasteiger charge is 2.26. The summed E-state index contributed by atoms with van der Waals surface area (Å²) >= 11 is 0. The van der Waals surface area contributed by atoms with Gasteiger partial charge in [0.2, 0.25) is 0 Å². The zero-order valence-corrected chi connectivity index (χ0v) is 11.2. The van der Waals surface area contributed by atoms with E-state index in [-0.39, 0.29) is 10.9 Å². The van der Waals surface area contributed by atoms with Gasteiger partial charge in [-0.3, -0.25) is 4.79 Å². The van der Waals surface area contributed by atoms with Crippen molar-refractivity contribution in [1.82, 2.24) is 5.32 Å². The molecular weight excluding hydrogens is 277 g/mol. The number of rotatable bonds is 4. The molecule has 3 N–H and O–H groups in total. The number of aliphatic hydroxyl groups is 1. The summed E-state index contributed by atoms with van der Waals surface area (Å²) in [7, 11) is 0. The Kier molecular flexibility index (Phi) is 4.18. The normalized spacial score (nSPS) is 13.7. The minimum Gasteiger partial charge on any atom is -0.480 e. The highest BCUT2D eigenvalue weighted by molar-refractivity contribution is 6.08. The van der Waals surface area contributed by atoms with Gasteiger partial charge >= 0.3 is 5.97 Å². The summed E-state index contributed by atoms with van der Waals surface area (Å²) in [5, 5.41) is 21.2. The second kappa shape index (κ2) is 5.88. The SMILES string of the molecule is C[C@@H](O)[C@H](NC(=O)c1ccc(F)c2ccccc12)C(=O)O. The molecule has 0 heterocycles. The number of nitrogens with one attached hydrogen (secondary N) is 1. The van der Waals surface area contributed by atoms with Gasteiger partial charge in [0.15, 0.2) is 6.04 Å². The molecule has 2 aromatic rings. The second-order valence-corrected chi connectivity index (χ2v) is 4.67. The molecule has 0 saturated heterocycles. The van der Waals surface area contributed by atoms with Crippen LogP contribution in [0.4, 0.5) is 4.39 Å². The van der Waals surface area contributed by atoms with Crippen LogP contribution in [0.5, 0.6) is 0 Å². The van der Waals surface area contributed by atoms with Gasteiger partial charge in [0.05, 0.1) is 6.10 Å². The summed E-state index contributed by atoms with van der Waals surface area (Å²) in [6, 6.07) is 7.41. The first kappa shape index (κ1) is 14.9. The molecule has 2 rings (SSSR count). The van der Waals surface area contributed by atoms with Crippen molar-refractivity contribution in [2.45, 2.75) is 19.1 Å². The van der Waals surface area contributed by atoms with Crippen molar-refractivity contribution in [3.63, 3.8) is 0 Å². The molecular formula is C15H14FNO4. The van der Waals surface area contributed by atoms with Crippen LogP contribution in [0.25, 0.3) is 10.8 Å². The molecule has 0 saturated carbocycles. The molecule has 110 valence electrons. The summed E-state index contributed by atoms with van der Waals surface area (Å²) in [6.07, 6.45) is -1.25. The molecule has 0 spiro atoms. The molecule has 0 aliphatic rings. The second-order valence-electron chi connectivity index (χ2n) is 4.67. The van der Waals surface area contributed by atoms with Crippen molar-refractivity contribution in [1.29, 1.82) is 0 Å². The Labute approximate surface area is 120 Å². The first-order valence-corrected chi connectivity index (χ1v) is 6.31. The van der Waals surface area contributed by atoms with Crippen molar-refractivity contribution < 1.29 is 24.2 Å². The molecule has 0 unspecified atom stereocenters. The maximum absolute atomic E-state index is 13.7. The third-order valence-corrected chi connectivity index (χ3v) is 3.15. The minimum absolute atomic E-state index is 0.152. The fourth-order valence-corrected chi connectivity index (χ4v) is 2.07. The quantitative estimate of drug-likeness (QED) is 0.797. The Balaban J connectivity index is 2.40. The van der Waals surface area contributed by atoms with Crippen LogP contribution < -0.4 is 5.32 Å². The van der Waals surface area contributed by atoms with Crippen molar-refractivity contribution in [3.8, 4) is 0 Å². The van der Waals surface area contributed by atoms with Crippen LogP contribution in [0.2, 0.25) is 0 Å². The van der Waals surface area contributed by atoms with Crippen LogP contribution in [0.3, 0.4) is 0 Å². The zero-order valence-electron chi connectivity index (χ0n) is 11.2. The number of amides is 1. The molecule has 0 radical (unpaired) electrons. The van der Waals surface area contributed by atoms with Gasteiger partial charge in [-0.15, -0.1) is 0 Å². The fraction of sp³-hybridized carbons (Fsp3) is 0.200. The van der Waals surface area contributed by atoms with Crippen molar-refractivity contribution in [3.05, 3.63) is 47.8 Å². The molecule has 5 nitrogen and oxygen atoms in total. The predicted octanol–water partition coefficient (Wildman–Crippen LogP) is 1.54. The standard InChI is InChI=1S/C15H14FNO4/c1-8(18)13(15(20)21)17-14(19)11-6-7-12(16)10-5-3-2-4-9(10)11/h2-8,13,18H,1H3,(H,17,19)(H,20,21)/t8-,13+/m1/s1. The van der Waals surface area contributed by atoms with E-state index in [1.54, 1.807) is 18.2 Å². The molecule has 1 amide bonds. The average molecular weight is 291 g/mol. The van der Waals surface area contributed by atoms with Crippen LogP contribution in [-0.4, -0.2) is 34.2 Å². The number of carboxylic acid groups (broad SMARTS) is 1. The van der Waals surface area contributed by atoms with Crippen molar-refractivity contribution in [2.24, 2.45) is 0 Å². The lowest BCUT2D eigenvalue weighted by Crippen LogP contribution is -2.47. The first-order valence-electron chi connectivity index (χ1n) is 6.31. The number of hydrogen-bond donors (Lipinski definition) is 3. The number of aliphatic hydroxyl groups excluding tert-OH is 1. The lowest BCUT2D eigenvalue weighted by molar-refractivity contribution is -0.141. The Morgan fingerprint density at radius 3 is 2.33 bits per heavy atom. The summed E-state index contributed by atoms with van der Waals surface area (Å²) in [5.74, 6) is -2.49. The number of carbonyl (C=O) groups excluding carboxylic acids is 1. The molecule has 0 fully saturated rings. The highest BCUT2D eigenvalue weighted by atomic mass is 19.1. The van der Waals surface area contributed by atoms with Crippen molar-refractivity contribution >= 4 is 22.6 Å². The van der Waals surface area contributed by atoms with Gasteiger partial charge in [-0.1, -0.05) is 24.3 Å². The number of benzene rings is 2. The highest BCUT2D eigenvalue weighted by Crippen LogP contribution is 2.21. The number of fused-ring (bicyclic) bond motifs is 1. The molecule has 0 aromatic heterocycles. The van der Waals surface area contributed by atoms with Crippen LogP contribution >= 0.6 is 0 Å². The average Bonchev–Trinajstić information content (AvgIpc) is 2.44. The molecule has 0 bridgehead atoms. The van der Waals surface area contributed by atoms with E-state index in [0.29, 0.717) is 5.39 Å². The fourth-order valence-electron chi connectivity index (χ4n) is 2.07. The summed E-state index contributed by atoms with van der Waals surface area (Å²) in [6.45, 7) is 1.27. The number of aliphatic carboxylic acids is 1. The number of carboxylic acids is 1. The van der Waals surface area contributed by atoms with Crippen molar-refractivity contribution in [2.75, 3.05) is 0 Å². The van der Waals surface area contributed by atoms with E-state index in [9.17, 15) is 19.1 Å². The van der Waals surface area contributed by atoms with Gasteiger partial charge in [-0.05, 0) is 24.4 Å². The number of halogens is 1. The molecule has 2 aromatic carbocycles. The van der Waals surface area contributed by atoms with E-state index < -0.39 is 29.8 Å². The maximum Gasteiger partial charge on any atom is 0.328 e. The molecule has 6 heteroatoms. The number of carbonyl (C=O) groups is 2. The minimum atomic E-state index is -1.43. The zero-order chi connectivity index (χ0) is 15.6. The van der Waals surface area contributed by atoms with Crippen LogP contribution in [0.1, 0.15) is 17.3 Å². The summed E-state index contributed by atoms with van der Waals surface area (Å²) < 4.78 is 13.7. The van der Waals surface area contributed by atoms with E-state index >= 15 is 0 Å². The first-order chi connectivity index (χ1) is 9.91. The van der Waals surface area contributed by atoms with E-state index in [4.69, 9.17) is 5.11 Å². The third-order valence-electron chi connectivity index (χ3n) is 3.15. The topological polar surface area (TPSA) is 86.6 Å². The Bertz CT molecular complexity index is 699. The molecule has 0 aliphatic heterocycles. The Morgan fingerprint density at radius 1 is 1.14 bits per heavy atom. The lowest BCUT2D eigenvalue weighted by Gasteiger charge is -2.17. The largest absolute Gasteiger partial charge is 0.480 e. The van der Waals surface area contributed by atoms with Gasteiger partial charge in [0.25, 0.3) is 5.91 Å². The molecule has 2 atom stereocenters. The van der Waals surface area contributed by atoms with E-state index in [2.05, 4.69) is 5.32 Å². The smallest absolute Gasteiger partial charge is 0.328 e. The van der Waals surface area contributed by atoms with Crippen LogP contribution in [0.15, 0.2) is 36.4 Å².